The van der Waals surface area contributed by atoms with Crippen molar-refractivity contribution in [1.29, 1.82) is 0 Å². The van der Waals surface area contributed by atoms with E-state index in [2.05, 4.69) is 29.4 Å². The van der Waals surface area contributed by atoms with E-state index >= 15 is 0 Å². The average Bonchev–Trinajstić information content (AvgIpc) is 3.01. The fraction of sp³-hybridized carbons (Fsp3) is 0.400. The molecule has 0 amide bonds. The standard InChI is InChI=1S/C15H19N3O/c1-18-15(13(19-2)9-17-18)14(16)12-7-10-5-3-4-6-11(10)8-12/h3-6,9,12,14H,7-8,16H2,1-2H3. The van der Waals surface area contributed by atoms with Crippen molar-refractivity contribution in [3.05, 3.63) is 47.3 Å². The SMILES string of the molecule is COc1cnn(C)c1C(N)C1Cc2ccccc2C1. The molecule has 1 aromatic carbocycles. The predicted molar refractivity (Wildman–Crippen MR) is 74.0 cm³/mol. The molecule has 0 saturated heterocycles. The molecule has 0 aliphatic heterocycles. The van der Waals surface area contributed by atoms with E-state index < -0.39 is 0 Å². The van der Waals surface area contributed by atoms with Crippen molar-refractivity contribution < 1.29 is 4.74 Å². The van der Waals surface area contributed by atoms with E-state index in [1.165, 1.54) is 11.1 Å². The smallest absolute Gasteiger partial charge is 0.161 e. The molecule has 1 atom stereocenters. The van der Waals surface area contributed by atoms with Gasteiger partial charge in [-0.3, -0.25) is 4.68 Å². The molecule has 0 saturated carbocycles. The van der Waals surface area contributed by atoms with Gasteiger partial charge in [-0.25, -0.2) is 0 Å². The van der Waals surface area contributed by atoms with Crippen LogP contribution in [0.15, 0.2) is 30.5 Å². The second-order valence-corrected chi connectivity index (χ2v) is 5.18. The number of fused-ring (bicyclic) bond motifs is 1. The molecule has 1 heterocycles. The van der Waals surface area contributed by atoms with E-state index in [0.29, 0.717) is 5.92 Å². The quantitative estimate of drug-likeness (QED) is 0.913. The third-order valence-electron chi connectivity index (χ3n) is 4.08. The third kappa shape index (κ3) is 2.02. The topological polar surface area (TPSA) is 53.1 Å². The maximum absolute atomic E-state index is 6.46. The zero-order chi connectivity index (χ0) is 13.4. The molecule has 2 N–H and O–H groups in total. The van der Waals surface area contributed by atoms with Gasteiger partial charge in [-0.15, -0.1) is 0 Å². The summed E-state index contributed by atoms with van der Waals surface area (Å²) in [4.78, 5) is 0. The second-order valence-electron chi connectivity index (χ2n) is 5.18. The zero-order valence-corrected chi connectivity index (χ0v) is 11.3. The summed E-state index contributed by atoms with van der Waals surface area (Å²) in [5, 5.41) is 4.24. The Hall–Kier alpha value is -1.81. The minimum Gasteiger partial charge on any atom is -0.493 e. The minimum atomic E-state index is -0.0464. The van der Waals surface area contributed by atoms with Gasteiger partial charge in [-0.2, -0.15) is 5.10 Å². The van der Waals surface area contributed by atoms with Crippen LogP contribution < -0.4 is 10.5 Å². The van der Waals surface area contributed by atoms with Crippen LogP contribution in [-0.4, -0.2) is 16.9 Å². The Labute approximate surface area is 113 Å². The summed E-state index contributed by atoms with van der Waals surface area (Å²) in [5.41, 5.74) is 10.3. The number of aromatic nitrogens is 2. The van der Waals surface area contributed by atoms with Crippen LogP contribution in [0.2, 0.25) is 0 Å². The van der Waals surface area contributed by atoms with Crippen LogP contribution in [-0.2, 0) is 19.9 Å². The Morgan fingerprint density at radius 2 is 1.95 bits per heavy atom. The van der Waals surface area contributed by atoms with Crippen molar-refractivity contribution in [3.8, 4) is 5.75 Å². The Morgan fingerprint density at radius 3 is 2.53 bits per heavy atom. The van der Waals surface area contributed by atoms with Gasteiger partial charge in [-0.05, 0) is 29.9 Å². The lowest BCUT2D eigenvalue weighted by Crippen LogP contribution is -2.24. The van der Waals surface area contributed by atoms with Crippen LogP contribution in [0.25, 0.3) is 0 Å². The van der Waals surface area contributed by atoms with Gasteiger partial charge in [0.15, 0.2) is 5.75 Å². The molecule has 1 aliphatic rings. The first kappa shape index (κ1) is 12.2. The molecule has 1 aliphatic carbocycles. The fourth-order valence-corrected chi connectivity index (χ4v) is 3.03. The number of methoxy groups -OCH3 is 1. The number of benzene rings is 1. The van der Waals surface area contributed by atoms with E-state index in [9.17, 15) is 0 Å². The summed E-state index contributed by atoms with van der Waals surface area (Å²) in [6, 6.07) is 8.54. The summed E-state index contributed by atoms with van der Waals surface area (Å²) >= 11 is 0. The molecule has 4 heteroatoms. The van der Waals surface area contributed by atoms with E-state index in [1.54, 1.807) is 13.3 Å². The summed E-state index contributed by atoms with van der Waals surface area (Å²) in [5.74, 6) is 1.20. The normalized spacial score (nSPS) is 16.4. The van der Waals surface area contributed by atoms with E-state index in [4.69, 9.17) is 10.5 Å². The van der Waals surface area contributed by atoms with Crippen molar-refractivity contribution in [3.63, 3.8) is 0 Å². The van der Waals surface area contributed by atoms with Crippen LogP contribution >= 0.6 is 0 Å². The summed E-state index contributed by atoms with van der Waals surface area (Å²) in [6.45, 7) is 0. The first-order valence-electron chi connectivity index (χ1n) is 6.59. The van der Waals surface area contributed by atoms with Crippen molar-refractivity contribution in [2.24, 2.45) is 18.7 Å². The molecule has 4 nitrogen and oxygen atoms in total. The highest BCUT2D eigenvalue weighted by molar-refractivity contribution is 5.35. The Kier molecular flexibility index (Phi) is 3.03. The molecule has 19 heavy (non-hydrogen) atoms. The second kappa shape index (κ2) is 4.70. The van der Waals surface area contributed by atoms with Gasteiger partial charge < -0.3 is 10.5 Å². The molecule has 0 bridgehead atoms. The number of hydrogen-bond donors (Lipinski definition) is 1. The molecule has 0 spiro atoms. The van der Waals surface area contributed by atoms with Gasteiger partial charge in [-0.1, -0.05) is 24.3 Å². The molecule has 1 aromatic heterocycles. The first-order valence-corrected chi connectivity index (χ1v) is 6.59. The maximum Gasteiger partial charge on any atom is 0.161 e. The van der Waals surface area contributed by atoms with Gasteiger partial charge >= 0.3 is 0 Å². The van der Waals surface area contributed by atoms with Gasteiger partial charge in [0.1, 0.15) is 0 Å². The number of hydrogen-bond acceptors (Lipinski definition) is 3. The molecular weight excluding hydrogens is 238 g/mol. The van der Waals surface area contributed by atoms with Crippen LogP contribution in [0.4, 0.5) is 0 Å². The van der Waals surface area contributed by atoms with Crippen LogP contribution in [0.5, 0.6) is 5.75 Å². The van der Waals surface area contributed by atoms with Crippen molar-refractivity contribution in [2.75, 3.05) is 7.11 Å². The molecule has 100 valence electrons. The van der Waals surface area contributed by atoms with Crippen LogP contribution in [0, 0.1) is 5.92 Å². The van der Waals surface area contributed by atoms with E-state index in [0.717, 1.165) is 24.3 Å². The number of nitrogens with two attached hydrogens (primary N) is 1. The monoisotopic (exact) mass is 257 g/mol. The number of aryl methyl sites for hydroxylation is 1. The van der Waals surface area contributed by atoms with Gasteiger partial charge in [0.05, 0.1) is 25.0 Å². The Bertz CT molecular complexity index is 566. The summed E-state index contributed by atoms with van der Waals surface area (Å²) in [7, 11) is 3.58. The highest BCUT2D eigenvalue weighted by Crippen LogP contribution is 2.36. The summed E-state index contributed by atoms with van der Waals surface area (Å²) < 4.78 is 7.19. The largest absolute Gasteiger partial charge is 0.493 e. The fourth-order valence-electron chi connectivity index (χ4n) is 3.03. The highest BCUT2D eigenvalue weighted by Gasteiger charge is 2.30. The molecule has 2 aromatic rings. The van der Waals surface area contributed by atoms with Crippen LogP contribution in [0.3, 0.4) is 0 Å². The lowest BCUT2D eigenvalue weighted by molar-refractivity contribution is 0.378. The van der Waals surface area contributed by atoms with Crippen molar-refractivity contribution in [2.45, 2.75) is 18.9 Å². The number of ether oxygens (including phenoxy) is 1. The molecule has 0 fully saturated rings. The van der Waals surface area contributed by atoms with E-state index in [1.807, 2.05) is 11.7 Å². The summed E-state index contributed by atoms with van der Waals surface area (Å²) in [6.07, 6.45) is 3.80. The van der Waals surface area contributed by atoms with Gasteiger partial charge in [0.2, 0.25) is 0 Å². The molecule has 3 rings (SSSR count). The highest BCUT2D eigenvalue weighted by atomic mass is 16.5. The van der Waals surface area contributed by atoms with Crippen LogP contribution in [0.1, 0.15) is 22.9 Å². The van der Waals surface area contributed by atoms with Crippen molar-refractivity contribution in [1.82, 2.24) is 9.78 Å². The Morgan fingerprint density at radius 1 is 1.32 bits per heavy atom. The molecular formula is C15H19N3O. The number of nitrogens with zero attached hydrogens (tertiary/aromatic N) is 2. The van der Waals surface area contributed by atoms with Gasteiger partial charge in [0.25, 0.3) is 0 Å². The minimum absolute atomic E-state index is 0.0464. The lowest BCUT2D eigenvalue weighted by Gasteiger charge is -2.20. The average molecular weight is 257 g/mol. The molecule has 0 radical (unpaired) electrons. The van der Waals surface area contributed by atoms with E-state index in [-0.39, 0.29) is 6.04 Å². The zero-order valence-electron chi connectivity index (χ0n) is 11.3. The first-order chi connectivity index (χ1) is 9.20. The Balaban J connectivity index is 1.87. The molecule has 1 unspecified atom stereocenters. The number of rotatable bonds is 3. The third-order valence-corrected chi connectivity index (χ3v) is 4.08. The maximum atomic E-state index is 6.46. The predicted octanol–water partition coefficient (Wildman–Crippen LogP) is 1.84. The lowest BCUT2D eigenvalue weighted by atomic mass is 9.94. The van der Waals surface area contributed by atoms with Gasteiger partial charge in [0, 0.05) is 7.05 Å². The van der Waals surface area contributed by atoms with Crippen molar-refractivity contribution >= 4 is 0 Å².